The van der Waals surface area contributed by atoms with Crippen LogP contribution in [0.1, 0.15) is 87.9 Å². The van der Waals surface area contributed by atoms with Crippen LogP contribution in [0.25, 0.3) is 0 Å². The van der Waals surface area contributed by atoms with Crippen molar-refractivity contribution in [1.29, 1.82) is 0 Å². The van der Waals surface area contributed by atoms with Gasteiger partial charge in [0.2, 0.25) is 0 Å². The number of hydrogen-bond donors (Lipinski definition) is 1. The SMILES string of the molecule is CCC(C)(C)c1ccc(OCCCNC(=O)C2=C/C(=N\S(=O)(=O)c3ccccc3)c3ccccc3C2=O)c(C(C)(C)CC)c1. The Hall–Kier alpha value is -4.04. The van der Waals surface area contributed by atoms with Gasteiger partial charge < -0.3 is 10.1 Å². The third kappa shape index (κ3) is 7.18. The number of sulfonamides is 1. The van der Waals surface area contributed by atoms with Crippen molar-refractivity contribution in [2.24, 2.45) is 4.40 Å². The molecule has 4 rings (SSSR count). The number of allylic oxidation sites excluding steroid dienone is 1. The third-order valence-electron chi connectivity index (χ3n) is 8.60. The molecular weight excluding hydrogens is 572 g/mol. The second kappa shape index (κ2) is 13.3. The Kier molecular flexibility index (Phi) is 9.94. The third-order valence-corrected chi connectivity index (χ3v) is 9.90. The second-order valence-electron chi connectivity index (χ2n) is 12.3. The highest BCUT2D eigenvalue weighted by atomic mass is 32.2. The van der Waals surface area contributed by atoms with Gasteiger partial charge in [0.1, 0.15) is 5.75 Å². The van der Waals surface area contributed by atoms with Crippen LogP contribution in [0.3, 0.4) is 0 Å². The quantitative estimate of drug-likeness (QED) is 0.176. The minimum atomic E-state index is -4.06. The maximum absolute atomic E-state index is 13.2. The van der Waals surface area contributed by atoms with E-state index < -0.39 is 21.7 Å². The van der Waals surface area contributed by atoms with Crippen LogP contribution in [-0.2, 0) is 25.6 Å². The molecule has 44 heavy (non-hydrogen) atoms. The Labute approximate surface area is 261 Å². The molecule has 7 nitrogen and oxygen atoms in total. The summed E-state index contributed by atoms with van der Waals surface area (Å²) in [6.07, 6.45) is 3.76. The second-order valence-corrected chi connectivity index (χ2v) is 13.9. The molecule has 1 aliphatic rings. The Morgan fingerprint density at radius 3 is 2.16 bits per heavy atom. The summed E-state index contributed by atoms with van der Waals surface area (Å²) >= 11 is 0. The van der Waals surface area contributed by atoms with Crippen molar-refractivity contribution in [1.82, 2.24) is 5.32 Å². The molecule has 232 valence electrons. The van der Waals surface area contributed by atoms with Gasteiger partial charge in [-0.1, -0.05) is 96.1 Å². The van der Waals surface area contributed by atoms with Gasteiger partial charge in [-0.3, -0.25) is 9.59 Å². The molecular formula is C36H42N2O5S. The summed E-state index contributed by atoms with van der Waals surface area (Å²) in [6.45, 7) is 13.9. The standard InChI is InChI=1S/C36H42N2O5S/c1-7-35(3,4)25-19-20-32(30(23-25)36(5,6)8-2)43-22-14-21-37-34(40)29-24-31(27-17-12-13-18-28(27)33(29)39)38-44(41,42)26-15-10-9-11-16-26/h9-13,15-20,23-24H,7-8,14,21-22H2,1-6H3,(H,37,40)/b38-31+. The summed E-state index contributed by atoms with van der Waals surface area (Å²) < 4.78 is 36.2. The molecule has 3 aromatic carbocycles. The van der Waals surface area contributed by atoms with Gasteiger partial charge in [-0.25, -0.2) is 0 Å². The van der Waals surface area contributed by atoms with Crippen LogP contribution in [0, 0.1) is 0 Å². The predicted molar refractivity (Wildman–Crippen MR) is 175 cm³/mol. The van der Waals surface area contributed by atoms with Crippen molar-refractivity contribution in [3.8, 4) is 5.75 Å². The van der Waals surface area contributed by atoms with Crippen molar-refractivity contribution < 1.29 is 22.7 Å². The van der Waals surface area contributed by atoms with E-state index >= 15 is 0 Å². The van der Waals surface area contributed by atoms with Gasteiger partial charge >= 0.3 is 0 Å². The molecule has 0 aliphatic heterocycles. The van der Waals surface area contributed by atoms with E-state index in [1.165, 1.54) is 23.8 Å². The van der Waals surface area contributed by atoms with Crippen molar-refractivity contribution in [2.45, 2.75) is 76.5 Å². The van der Waals surface area contributed by atoms with Gasteiger partial charge in [-0.15, -0.1) is 0 Å². The highest BCUT2D eigenvalue weighted by Crippen LogP contribution is 2.38. The van der Waals surface area contributed by atoms with Gasteiger partial charge in [0, 0.05) is 23.2 Å². The summed E-state index contributed by atoms with van der Waals surface area (Å²) in [5.41, 5.74) is 2.91. The number of carbonyl (C=O) groups excluding carboxylic acids is 2. The highest BCUT2D eigenvalue weighted by molar-refractivity contribution is 7.90. The van der Waals surface area contributed by atoms with Crippen molar-refractivity contribution in [2.75, 3.05) is 13.2 Å². The lowest BCUT2D eigenvalue weighted by atomic mass is 9.76. The van der Waals surface area contributed by atoms with Crippen LogP contribution in [0.5, 0.6) is 5.75 Å². The fourth-order valence-electron chi connectivity index (χ4n) is 4.90. The van der Waals surface area contributed by atoms with E-state index in [0.29, 0.717) is 18.6 Å². The number of hydrogen-bond acceptors (Lipinski definition) is 5. The maximum atomic E-state index is 13.2. The van der Waals surface area contributed by atoms with E-state index in [4.69, 9.17) is 4.74 Å². The van der Waals surface area contributed by atoms with Gasteiger partial charge in [-0.2, -0.15) is 12.8 Å². The zero-order chi connectivity index (χ0) is 32.1. The Morgan fingerprint density at radius 2 is 1.50 bits per heavy atom. The van der Waals surface area contributed by atoms with Crippen molar-refractivity contribution >= 4 is 27.4 Å². The van der Waals surface area contributed by atoms with Crippen LogP contribution in [0.15, 0.2) is 93.7 Å². The monoisotopic (exact) mass is 614 g/mol. The average Bonchev–Trinajstić information content (AvgIpc) is 3.02. The number of rotatable bonds is 12. The molecule has 0 radical (unpaired) electrons. The average molecular weight is 615 g/mol. The van der Waals surface area contributed by atoms with Crippen LogP contribution >= 0.6 is 0 Å². The maximum Gasteiger partial charge on any atom is 0.282 e. The first-order chi connectivity index (χ1) is 20.8. The number of benzene rings is 3. The zero-order valence-electron chi connectivity index (χ0n) is 26.4. The number of nitrogens with one attached hydrogen (secondary N) is 1. The fraction of sp³-hybridized carbons (Fsp3) is 0.361. The minimum Gasteiger partial charge on any atom is -0.493 e. The summed E-state index contributed by atoms with van der Waals surface area (Å²) in [5, 5.41) is 2.80. The summed E-state index contributed by atoms with van der Waals surface area (Å²) in [4.78, 5) is 26.4. The summed E-state index contributed by atoms with van der Waals surface area (Å²) in [6, 6.07) is 20.8. The van der Waals surface area contributed by atoms with Crippen LogP contribution in [0.4, 0.5) is 0 Å². The van der Waals surface area contributed by atoms with Crippen molar-refractivity contribution in [3.05, 3.63) is 107 Å². The molecule has 1 N–H and O–H groups in total. The molecule has 1 aliphatic carbocycles. The number of amides is 1. The predicted octanol–water partition coefficient (Wildman–Crippen LogP) is 6.95. The number of Topliss-reactive ketones (excluding diaryl/α,β-unsaturated/α-hetero) is 1. The molecule has 0 spiro atoms. The molecule has 0 bridgehead atoms. The summed E-state index contributed by atoms with van der Waals surface area (Å²) in [5.74, 6) is -0.235. The first kappa shape index (κ1) is 32.9. The van der Waals surface area contributed by atoms with E-state index in [-0.39, 0.29) is 39.1 Å². The van der Waals surface area contributed by atoms with Gasteiger partial charge in [0.05, 0.1) is 22.8 Å². The first-order valence-electron chi connectivity index (χ1n) is 15.1. The van der Waals surface area contributed by atoms with Gasteiger partial charge in [0.25, 0.3) is 15.9 Å². The lowest BCUT2D eigenvalue weighted by Gasteiger charge is -2.30. The first-order valence-corrected chi connectivity index (χ1v) is 16.6. The van der Waals surface area contributed by atoms with E-state index in [1.807, 2.05) is 6.07 Å². The van der Waals surface area contributed by atoms with Gasteiger partial charge in [-0.05, 0) is 59.9 Å². The van der Waals surface area contributed by atoms with Gasteiger partial charge in [0.15, 0.2) is 5.78 Å². The Morgan fingerprint density at radius 1 is 0.864 bits per heavy atom. The van der Waals surface area contributed by atoms with Crippen molar-refractivity contribution in [3.63, 3.8) is 0 Å². The van der Waals surface area contributed by atoms with Crippen LogP contribution in [-0.4, -0.2) is 39.0 Å². The molecule has 0 fully saturated rings. The lowest BCUT2D eigenvalue weighted by molar-refractivity contribution is -0.117. The zero-order valence-corrected chi connectivity index (χ0v) is 27.3. The van der Waals surface area contributed by atoms with Crippen LogP contribution < -0.4 is 10.1 Å². The number of ketones is 1. The Bertz CT molecular complexity index is 1700. The fourth-order valence-corrected chi connectivity index (χ4v) is 5.92. The normalized spacial score (nSPS) is 14.6. The largest absolute Gasteiger partial charge is 0.493 e. The molecule has 0 unspecified atom stereocenters. The van der Waals surface area contributed by atoms with E-state index in [9.17, 15) is 18.0 Å². The minimum absolute atomic E-state index is 0.0236. The number of carbonyl (C=O) groups is 2. The smallest absolute Gasteiger partial charge is 0.282 e. The molecule has 8 heteroatoms. The number of ether oxygens (including phenoxy) is 1. The highest BCUT2D eigenvalue weighted by Gasteiger charge is 2.30. The molecule has 3 aromatic rings. The van der Waals surface area contributed by atoms with Crippen LogP contribution in [0.2, 0.25) is 0 Å². The lowest BCUT2D eigenvalue weighted by Crippen LogP contribution is -2.33. The summed E-state index contributed by atoms with van der Waals surface area (Å²) in [7, 11) is -4.06. The molecule has 1 amide bonds. The molecule has 0 saturated carbocycles. The van der Waals surface area contributed by atoms with E-state index in [1.54, 1.807) is 42.5 Å². The molecule has 0 saturated heterocycles. The van der Waals surface area contributed by atoms with E-state index in [2.05, 4.69) is 63.4 Å². The number of nitrogens with zero attached hydrogens (tertiary/aromatic N) is 1. The Balaban J connectivity index is 1.47. The number of fused-ring (bicyclic) bond motifs is 1. The molecule has 0 heterocycles. The topological polar surface area (TPSA) is 102 Å². The molecule has 0 aromatic heterocycles. The van der Waals surface area contributed by atoms with E-state index in [0.717, 1.165) is 24.2 Å². The molecule has 0 atom stereocenters.